The van der Waals surface area contributed by atoms with Crippen molar-refractivity contribution in [3.63, 3.8) is 0 Å². The zero-order chi connectivity index (χ0) is 21.9. The van der Waals surface area contributed by atoms with Gasteiger partial charge in [-0.05, 0) is 72.8 Å². The van der Waals surface area contributed by atoms with Crippen LogP contribution in [-0.4, -0.2) is 41.3 Å². The van der Waals surface area contributed by atoms with Crippen LogP contribution in [0.15, 0.2) is 53.4 Å². The zero-order valence-electron chi connectivity index (χ0n) is 18.5. The van der Waals surface area contributed by atoms with Gasteiger partial charge in [0.05, 0.1) is 0 Å². The second-order valence-electron chi connectivity index (χ2n) is 7.62. The number of benzene rings is 2. The van der Waals surface area contributed by atoms with Gasteiger partial charge in [0.15, 0.2) is 0 Å². The monoisotopic (exact) mass is 450 g/mol. The number of hydrogen-bond donors (Lipinski definition) is 2. The molecule has 2 aromatic rings. The highest BCUT2D eigenvalue weighted by atomic mass is 35.5. The Labute approximate surface area is 191 Å². The fourth-order valence-corrected chi connectivity index (χ4v) is 4.46. The van der Waals surface area contributed by atoms with Gasteiger partial charge in [0, 0.05) is 29.6 Å². The van der Waals surface area contributed by atoms with Crippen molar-refractivity contribution in [3.05, 3.63) is 59.1 Å². The third-order valence-electron chi connectivity index (χ3n) is 4.57. The van der Waals surface area contributed by atoms with Gasteiger partial charge in [-0.2, -0.15) is 0 Å². The summed E-state index contributed by atoms with van der Waals surface area (Å²) in [6, 6.07) is 16.2. The molecule has 1 aliphatic heterocycles. The average molecular weight is 451 g/mol. The van der Waals surface area contributed by atoms with Crippen molar-refractivity contribution in [1.29, 1.82) is 0 Å². The summed E-state index contributed by atoms with van der Waals surface area (Å²) in [5.74, 6) is 1.38. The van der Waals surface area contributed by atoms with Gasteiger partial charge in [-0.15, -0.1) is 0 Å². The van der Waals surface area contributed by atoms with Crippen LogP contribution < -0.4 is 10.1 Å². The van der Waals surface area contributed by atoms with Crippen LogP contribution in [0.4, 0.5) is 0 Å². The first-order chi connectivity index (χ1) is 14.5. The molecule has 0 bridgehead atoms. The van der Waals surface area contributed by atoms with Crippen molar-refractivity contribution in [2.45, 2.75) is 57.8 Å². The molecule has 0 amide bonds. The largest absolute Gasteiger partial charge is 0.488 e. The number of ether oxygens (including phenoxy) is 1. The Bertz CT molecular complexity index is 725. The molecular formula is C24H35ClN2O2S. The Morgan fingerprint density at radius 3 is 2.40 bits per heavy atom. The minimum absolute atomic E-state index is 0.137. The van der Waals surface area contributed by atoms with E-state index in [1.54, 1.807) is 11.9 Å². The van der Waals surface area contributed by atoms with Crippen LogP contribution >= 0.6 is 23.5 Å². The SMILES string of the molecule is CC.CC(C)CN(Cc1ccc(Cl)cc1)Sc1ccc(O[C@H]2CCNCC2O)cc1. The Kier molecular flexibility index (Phi) is 11.0. The summed E-state index contributed by atoms with van der Waals surface area (Å²) in [6.45, 7) is 11.8. The van der Waals surface area contributed by atoms with E-state index in [0.717, 1.165) is 36.8 Å². The summed E-state index contributed by atoms with van der Waals surface area (Å²) in [4.78, 5) is 1.17. The van der Waals surface area contributed by atoms with E-state index in [2.05, 4.69) is 47.7 Å². The minimum atomic E-state index is -0.455. The molecule has 2 N–H and O–H groups in total. The molecule has 1 fully saturated rings. The van der Waals surface area contributed by atoms with Gasteiger partial charge in [0.2, 0.25) is 0 Å². The number of nitrogens with one attached hydrogen (secondary N) is 1. The second-order valence-corrected chi connectivity index (χ2v) is 9.23. The first-order valence-corrected chi connectivity index (χ1v) is 12.0. The van der Waals surface area contributed by atoms with E-state index in [9.17, 15) is 5.11 Å². The lowest BCUT2D eigenvalue weighted by molar-refractivity contribution is 0.0162. The van der Waals surface area contributed by atoms with Crippen molar-refractivity contribution in [2.75, 3.05) is 19.6 Å². The molecule has 1 unspecified atom stereocenters. The maximum atomic E-state index is 10.0. The fourth-order valence-electron chi connectivity index (χ4n) is 3.19. The van der Waals surface area contributed by atoms with Crippen LogP contribution in [0, 0.1) is 5.92 Å². The van der Waals surface area contributed by atoms with Gasteiger partial charge >= 0.3 is 0 Å². The predicted molar refractivity (Wildman–Crippen MR) is 128 cm³/mol. The van der Waals surface area contributed by atoms with Gasteiger partial charge < -0.3 is 15.2 Å². The molecule has 0 aromatic heterocycles. The standard InChI is InChI=1S/C22H29ClN2O2S.C2H6/c1-16(2)14-25(15-17-3-5-18(23)6-4-17)28-20-9-7-19(8-10-20)27-22-11-12-24-13-21(22)26;1-2/h3-10,16,21-22,24,26H,11-15H2,1-2H3;1-2H3/t21?,22-;/m0./s1. The lowest BCUT2D eigenvalue weighted by Crippen LogP contribution is -2.46. The van der Waals surface area contributed by atoms with Crippen molar-refractivity contribution < 1.29 is 9.84 Å². The molecule has 3 rings (SSSR count). The summed E-state index contributed by atoms with van der Waals surface area (Å²) >= 11 is 7.76. The van der Waals surface area contributed by atoms with Gasteiger partial charge in [0.1, 0.15) is 18.0 Å². The first-order valence-electron chi connectivity index (χ1n) is 10.8. The number of halogens is 1. The smallest absolute Gasteiger partial charge is 0.127 e. The molecule has 0 aliphatic carbocycles. The number of rotatable bonds is 8. The molecule has 1 heterocycles. The van der Waals surface area contributed by atoms with Crippen LogP contribution in [-0.2, 0) is 6.54 Å². The molecule has 0 radical (unpaired) electrons. The highest BCUT2D eigenvalue weighted by Gasteiger charge is 2.24. The lowest BCUT2D eigenvalue weighted by atomic mass is 10.1. The number of nitrogens with zero attached hydrogens (tertiary/aromatic N) is 1. The molecule has 1 saturated heterocycles. The fraction of sp³-hybridized carbons (Fsp3) is 0.500. The van der Waals surface area contributed by atoms with E-state index >= 15 is 0 Å². The molecule has 30 heavy (non-hydrogen) atoms. The summed E-state index contributed by atoms with van der Waals surface area (Å²) in [5, 5.41) is 14.0. The first kappa shape index (κ1) is 25.0. The molecule has 0 saturated carbocycles. The van der Waals surface area contributed by atoms with E-state index in [-0.39, 0.29) is 6.10 Å². The van der Waals surface area contributed by atoms with Crippen molar-refractivity contribution in [1.82, 2.24) is 9.62 Å². The summed E-state index contributed by atoms with van der Waals surface area (Å²) < 4.78 is 8.35. The highest BCUT2D eigenvalue weighted by molar-refractivity contribution is 7.97. The Balaban J connectivity index is 0.00000155. The molecule has 2 atom stereocenters. The van der Waals surface area contributed by atoms with Crippen LogP contribution in [0.1, 0.15) is 39.7 Å². The summed E-state index contributed by atoms with van der Waals surface area (Å²) in [7, 11) is 0. The lowest BCUT2D eigenvalue weighted by Gasteiger charge is -2.29. The minimum Gasteiger partial charge on any atom is -0.488 e. The van der Waals surface area contributed by atoms with E-state index in [1.807, 2.05) is 38.1 Å². The molecule has 6 heteroatoms. The molecular weight excluding hydrogens is 416 g/mol. The summed E-state index contributed by atoms with van der Waals surface area (Å²) in [6.07, 6.45) is 0.229. The third-order valence-corrected chi connectivity index (χ3v) is 5.85. The van der Waals surface area contributed by atoms with Crippen molar-refractivity contribution >= 4 is 23.5 Å². The van der Waals surface area contributed by atoms with Gasteiger partial charge in [-0.25, -0.2) is 4.31 Å². The molecule has 2 aromatic carbocycles. The summed E-state index contributed by atoms with van der Waals surface area (Å²) in [5.41, 5.74) is 1.25. The zero-order valence-corrected chi connectivity index (χ0v) is 20.0. The maximum absolute atomic E-state index is 10.0. The van der Waals surface area contributed by atoms with Crippen LogP contribution in [0.25, 0.3) is 0 Å². The highest BCUT2D eigenvalue weighted by Crippen LogP contribution is 2.28. The molecule has 1 aliphatic rings. The topological polar surface area (TPSA) is 44.7 Å². The Morgan fingerprint density at radius 1 is 1.13 bits per heavy atom. The normalized spacial score (nSPS) is 18.8. The molecule has 4 nitrogen and oxygen atoms in total. The van der Waals surface area contributed by atoms with E-state index < -0.39 is 6.10 Å². The van der Waals surface area contributed by atoms with Crippen LogP contribution in [0.5, 0.6) is 5.75 Å². The predicted octanol–water partition coefficient (Wildman–Crippen LogP) is 5.63. The number of aliphatic hydroxyl groups excluding tert-OH is 1. The quantitative estimate of drug-likeness (QED) is 0.510. The Morgan fingerprint density at radius 2 is 1.80 bits per heavy atom. The number of β-amino-alcohol motifs (C(OH)–C–C–N with tert-alkyl or cyclic N) is 1. The van der Waals surface area contributed by atoms with Crippen LogP contribution in [0.2, 0.25) is 5.02 Å². The van der Waals surface area contributed by atoms with E-state index in [0.29, 0.717) is 12.5 Å². The van der Waals surface area contributed by atoms with Gasteiger partial charge in [-0.1, -0.05) is 51.4 Å². The van der Waals surface area contributed by atoms with E-state index in [4.69, 9.17) is 16.3 Å². The molecule has 0 spiro atoms. The number of hydrogen-bond acceptors (Lipinski definition) is 5. The Hall–Kier alpha value is -1.24. The average Bonchev–Trinajstić information content (AvgIpc) is 2.74. The molecule has 166 valence electrons. The van der Waals surface area contributed by atoms with Crippen molar-refractivity contribution in [2.24, 2.45) is 5.92 Å². The van der Waals surface area contributed by atoms with E-state index in [1.165, 1.54) is 10.5 Å². The van der Waals surface area contributed by atoms with Crippen molar-refractivity contribution in [3.8, 4) is 5.75 Å². The number of aliphatic hydroxyl groups is 1. The maximum Gasteiger partial charge on any atom is 0.127 e. The number of piperidine rings is 1. The van der Waals surface area contributed by atoms with Crippen LogP contribution in [0.3, 0.4) is 0 Å². The van der Waals surface area contributed by atoms with Gasteiger partial charge in [-0.3, -0.25) is 0 Å². The third kappa shape index (κ3) is 8.48. The van der Waals surface area contributed by atoms with Gasteiger partial charge in [0.25, 0.3) is 0 Å². The second kappa shape index (κ2) is 13.2.